The van der Waals surface area contributed by atoms with E-state index in [1.807, 2.05) is 57.2 Å². The number of carbonyl (C=O) groups is 1. The van der Waals surface area contributed by atoms with Gasteiger partial charge in [0.15, 0.2) is 0 Å². The van der Waals surface area contributed by atoms with Gasteiger partial charge in [0.2, 0.25) is 0 Å². The monoisotopic (exact) mass is 493 g/mol. The predicted octanol–water partition coefficient (Wildman–Crippen LogP) is 6.24. The molecule has 7 heteroatoms. The van der Waals surface area contributed by atoms with Gasteiger partial charge in [-0.25, -0.2) is 0 Å². The van der Waals surface area contributed by atoms with Gasteiger partial charge in [0.05, 0.1) is 24.2 Å². The molecule has 1 unspecified atom stereocenters. The van der Waals surface area contributed by atoms with Gasteiger partial charge in [-0.3, -0.25) is 9.69 Å². The van der Waals surface area contributed by atoms with Crippen LogP contribution in [-0.4, -0.2) is 42.7 Å². The van der Waals surface area contributed by atoms with Gasteiger partial charge in [-0.05, 0) is 56.5 Å². The minimum atomic E-state index is -0.454. The fourth-order valence-corrected chi connectivity index (χ4v) is 4.35. The fraction of sp³-hybridized carbons (Fsp3) is 0.500. The van der Waals surface area contributed by atoms with Gasteiger partial charge in [-0.15, -0.1) is 0 Å². The topological polar surface area (TPSA) is 48.0 Å². The van der Waals surface area contributed by atoms with E-state index in [0.29, 0.717) is 36.2 Å². The summed E-state index contributed by atoms with van der Waals surface area (Å²) in [7, 11) is 0. The average molecular weight is 494 g/mol. The van der Waals surface area contributed by atoms with Crippen LogP contribution in [0.4, 0.5) is 0 Å². The molecule has 2 aromatic carbocycles. The van der Waals surface area contributed by atoms with E-state index in [1.165, 1.54) is 0 Å². The number of ether oxygens (including phenoxy) is 3. The third kappa shape index (κ3) is 7.61. The molecule has 0 saturated carbocycles. The maximum Gasteiger partial charge on any atom is 0.307 e. The maximum atomic E-state index is 12.0. The lowest BCUT2D eigenvalue weighted by Gasteiger charge is -2.33. The van der Waals surface area contributed by atoms with Crippen molar-refractivity contribution >= 4 is 29.2 Å². The smallest absolute Gasteiger partial charge is 0.307 e. The van der Waals surface area contributed by atoms with E-state index in [2.05, 4.69) is 11.8 Å². The standard InChI is InChI=1S/C26H33Cl2NO4/c1-5-18-8-11-22(27)21(25(18)28)17-32-20-9-6-19(7-10-20)23-16-29(14-15-31-23)13-12-24(30)33-26(2,3)4/h6-11,23H,5,12-17H2,1-4H3. The zero-order valence-electron chi connectivity index (χ0n) is 19.8. The molecular weight excluding hydrogens is 461 g/mol. The van der Waals surface area contributed by atoms with Gasteiger partial charge in [0.1, 0.15) is 18.0 Å². The van der Waals surface area contributed by atoms with E-state index in [4.69, 9.17) is 37.4 Å². The first kappa shape index (κ1) is 25.8. The molecule has 1 atom stereocenters. The highest BCUT2D eigenvalue weighted by Gasteiger charge is 2.23. The SMILES string of the molecule is CCc1ccc(Cl)c(COc2ccc(C3CN(CCC(=O)OC(C)(C)C)CCO3)cc2)c1Cl. The fourth-order valence-electron chi connectivity index (χ4n) is 3.73. The Morgan fingerprint density at radius 1 is 1.15 bits per heavy atom. The average Bonchev–Trinajstić information content (AvgIpc) is 2.77. The van der Waals surface area contributed by atoms with E-state index in [-0.39, 0.29) is 12.1 Å². The quantitative estimate of drug-likeness (QED) is 0.407. The zero-order valence-corrected chi connectivity index (χ0v) is 21.3. The number of halogens is 2. The summed E-state index contributed by atoms with van der Waals surface area (Å²) in [6.45, 7) is 10.8. The van der Waals surface area contributed by atoms with Crippen LogP contribution in [0.15, 0.2) is 36.4 Å². The van der Waals surface area contributed by atoms with Crippen molar-refractivity contribution in [2.45, 2.75) is 58.8 Å². The Hall–Kier alpha value is -1.79. The summed E-state index contributed by atoms with van der Waals surface area (Å²) >= 11 is 12.8. The van der Waals surface area contributed by atoms with Gasteiger partial charge < -0.3 is 14.2 Å². The number of benzene rings is 2. The maximum absolute atomic E-state index is 12.0. The van der Waals surface area contributed by atoms with Crippen molar-refractivity contribution in [3.8, 4) is 5.75 Å². The zero-order chi connectivity index (χ0) is 24.0. The molecule has 0 spiro atoms. The van der Waals surface area contributed by atoms with E-state index >= 15 is 0 Å². The van der Waals surface area contributed by atoms with Crippen molar-refractivity contribution in [1.82, 2.24) is 4.90 Å². The van der Waals surface area contributed by atoms with E-state index < -0.39 is 5.60 Å². The Bertz CT molecular complexity index is 941. The first-order chi connectivity index (χ1) is 15.7. The normalized spacial score (nSPS) is 17.1. The number of morpholine rings is 1. The van der Waals surface area contributed by atoms with Crippen LogP contribution in [0.25, 0.3) is 0 Å². The van der Waals surface area contributed by atoms with Crippen molar-refractivity contribution in [2.24, 2.45) is 0 Å². The second-order valence-corrected chi connectivity index (χ2v) is 9.99. The first-order valence-corrected chi connectivity index (χ1v) is 12.2. The van der Waals surface area contributed by atoms with Crippen molar-refractivity contribution in [2.75, 3.05) is 26.2 Å². The minimum Gasteiger partial charge on any atom is -0.489 e. The lowest BCUT2D eigenvalue weighted by Crippen LogP contribution is -2.39. The van der Waals surface area contributed by atoms with Crippen LogP contribution in [-0.2, 0) is 27.3 Å². The van der Waals surface area contributed by atoms with E-state index in [1.54, 1.807) is 0 Å². The Labute approximate surface area is 206 Å². The second kappa shape index (κ2) is 11.6. The Balaban J connectivity index is 1.54. The molecule has 1 heterocycles. The van der Waals surface area contributed by atoms with Crippen molar-refractivity contribution in [3.63, 3.8) is 0 Å². The molecule has 1 aliphatic rings. The Kier molecular flexibility index (Phi) is 9.05. The molecule has 0 bridgehead atoms. The molecule has 3 rings (SSSR count). The summed E-state index contributed by atoms with van der Waals surface area (Å²) in [4.78, 5) is 14.3. The lowest BCUT2D eigenvalue weighted by molar-refractivity contribution is -0.155. The summed E-state index contributed by atoms with van der Waals surface area (Å²) in [5, 5.41) is 1.28. The minimum absolute atomic E-state index is 0.0449. The number of nitrogens with zero attached hydrogens (tertiary/aromatic N) is 1. The molecule has 1 saturated heterocycles. The molecule has 0 aromatic heterocycles. The third-order valence-corrected chi connectivity index (χ3v) is 6.31. The highest BCUT2D eigenvalue weighted by molar-refractivity contribution is 6.36. The first-order valence-electron chi connectivity index (χ1n) is 11.4. The molecule has 33 heavy (non-hydrogen) atoms. The van der Waals surface area contributed by atoms with Gasteiger partial charge >= 0.3 is 5.97 Å². The van der Waals surface area contributed by atoms with Crippen LogP contribution >= 0.6 is 23.2 Å². The number of hydrogen-bond acceptors (Lipinski definition) is 5. The van der Waals surface area contributed by atoms with Gasteiger partial charge in [0, 0.05) is 30.2 Å². The van der Waals surface area contributed by atoms with Crippen LogP contribution in [0.5, 0.6) is 5.75 Å². The predicted molar refractivity (Wildman–Crippen MR) is 132 cm³/mol. The molecule has 1 aliphatic heterocycles. The number of esters is 1. The lowest BCUT2D eigenvalue weighted by atomic mass is 10.1. The molecule has 5 nitrogen and oxygen atoms in total. The summed E-state index contributed by atoms with van der Waals surface area (Å²) in [5.74, 6) is 0.571. The summed E-state index contributed by atoms with van der Waals surface area (Å²) < 4.78 is 17.3. The summed E-state index contributed by atoms with van der Waals surface area (Å²) in [6, 6.07) is 11.7. The van der Waals surface area contributed by atoms with Crippen molar-refractivity contribution in [3.05, 3.63) is 63.1 Å². The number of hydrogen-bond donors (Lipinski definition) is 0. The molecule has 1 fully saturated rings. The van der Waals surface area contributed by atoms with Gasteiger partial charge in [-0.1, -0.05) is 48.3 Å². The third-order valence-electron chi connectivity index (χ3n) is 5.48. The number of aryl methyl sites for hydroxylation is 1. The largest absolute Gasteiger partial charge is 0.489 e. The van der Waals surface area contributed by atoms with E-state index in [0.717, 1.165) is 42.0 Å². The van der Waals surface area contributed by atoms with Crippen LogP contribution < -0.4 is 4.74 Å². The van der Waals surface area contributed by atoms with Crippen molar-refractivity contribution in [1.29, 1.82) is 0 Å². The van der Waals surface area contributed by atoms with Crippen LogP contribution in [0.3, 0.4) is 0 Å². The molecular formula is C26H33Cl2NO4. The molecule has 180 valence electrons. The Morgan fingerprint density at radius 3 is 2.55 bits per heavy atom. The highest BCUT2D eigenvalue weighted by Crippen LogP contribution is 2.30. The highest BCUT2D eigenvalue weighted by atomic mass is 35.5. The van der Waals surface area contributed by atoms with E-state index in [9.17, 15) is 4.79 Å². The summed E-state index contributed by atoms with van der Waals surface area (Å²) in [6.07, 6.45) is 1.17. The molecule has 0 N–H and O–H groups in total. The number of rotatable bonds is 8. The van der Waals surface area contributed by atoms with Crippen LogP contribution in [0.1, 0.15) is 56.9 Å². The van der Waals surface area contributed by atoms with Crippen molar-refractivity contribution < 1.29 is 19.0 Å². The Morgan fingerprint density at radius 2 is 1.88 bits per heavy atom. The van der Waals surface area contributed by atoms with Gasteiger partial charge in [0.25, 0.3) is 0 Å². The summed E-state index contributed by atoms with van der Waals surface area (Å²) in [5.41, 5.74) is 2.48. The number of carbonyl (C=O) groups excluding carboxylic acids is 1. The molecule has 0 aliphatic carbocycles. The molecule has 0 amide bonds. The second-order valence-electron chi connectivity index (χ2n) is 9.21. The van der Waals surface area contributed by atoms with Gasteiger partial charge in [-0.2, -0.15) is 0 Å². The van der Waals surface area contributed by atoms with Crippen LogP contribution in [0.2, 0.25) is 10.0 Å². The van der Waals surface area contributed by atoms with Crippen LogP contribution in [0, 0.1) is 0 Å². The molecule has 2 aromatic rings. The molecule has 0 radical (unpaired) electrons.